The number of hydrogen-bond acceptors (Lipinski definition) is 4. The van der Waals surface area contributed by atoms with Crippen LogP contribution < -0.4 is 4.74 Å². The number of carbonyl (C=O) groups excluding carboxylic acids is 1. The quantitative estimate of drug-likeness (QED) is 0.624. The van der Waals surface area contributed by atoms with Crippen molar-refractivity contribution in [1.82, 2.24) is 14.7 Å². The molecule has 33 heavy (non-hydrogen) atoms. The van der Waals surface area contributed by atoms with Crippen molar-refractivity contribution in [3.63, 3.8) is 0 Å². The van der Waals surface area contributed by atoms with E-state index in [0.29, 0.717) is 29.2 Å². The second-order valence-corrected chi connectivity index (χ2v) is 8.63. The minimum Gasteiger partial charge on any atom is -0.406 e. The SMILES string of the molecule is CN1CCN(CC#Cc2cc(Cl)c3c(c2)CN(Cc2ccc(OC(F)(F)F)cc2)C3=O)CC1. The van der Waals surface area contributed by atoms with E-state index in [-0.39, 0.29) is 18.2 Å². The van der Waals surface area contributed by atoms with E-state index in [1.54, 1.807) is 11.0 Å². The largest absolute Gasteiger partial charge is 0.573 e. The second kappa shape index (κ2) is 9.64. The van der Waals surface area contributed by atoms with E-state index in [2.05, 4.69) is 33.4 Å². The molecule has 1 fully saturated rings. The highest BCUT2D eigenvalue weighted by molar-refractivity contribution is 6.34. The lowest BCUT2D eigenvalue weighted by atomic mass is 10.1. The maximum absolute atomic E-state index is 12.9. The molecule has 9 heteroatoms. The number of piperazine rings is 1. The number of rotatable bonds is 4. The second-order valence-electron chi connectivity index (χ2n) is 8.23. The molecular weight excluding hydrogens is 455 g/mol. The zero-order chi connectivity index (χ0) is 23.6. The third kappa shape index (κ3) is 5.99. The molecule has 2 heterocycles. The van der Waals surface area contributed by atoms with Crippen LogP contribution in [0, 0.1) is 11.8 Å². The third-order valence-electron chi connectivity index (χ3n) is 5.70. The summed E-state index contributed by atoms with van der Waals surface area (Å²) in [5.41, 5.74) is 2.71. The van der Waals surface area contributed by atoms with Crippen LogP contribution in [0.15, 0.2) is 36.4 Å². The Morgan fingerprint density at radius 1 is 1.09 bits per heavy atom. The molecule has 0 saturated carbocycles. The number of carbonyl (C=O) groups is 1. The number of halogens is 4. The number of nitrogens with zero attached hydrogens (tertiary/aromatic N) is 3. The number of hydrogen-bond donors (Lipinski definition) is 0. The van der Waals surface area contributed by atoms with E-state index in [9.17, 15) is 18.0 Å². The van der Waals surface area contributed by atoms with Crippen molar-refractivity contribution >= 4 is 17.5 Å². The van der Waals surface area contributed by atoms with Crippen LogP contribution in [0.2, 0.25) is 5.02 Å². The van der Waals surface area contributed by atoms with Gasteiger partial charge >= 0.3 is 6.36 Å². The highest BCUT2D eigenvalue weighted by Gasteiger charge is 2.32. The van der Waals surface area contributed by atoms with Crippen molar-refractivity contribution in [2.45, 2.75) is 19.5 Å². The molecule has 2 aromatic rings. The Bertz CT molecular complexity index is 1090. The average Bonchev–Trinajstić information content (AvgIpc) is 3.05. The smallest absolute Gasteiger partial charge is 0.406 e. The van der Waals surface area contributed by atoms with Gasteiger partial charge in [-0.25, -0.2) is 0 Å². The fourth-order valence-corrected chi connectivity index (χ4v) is 4.26. The molecular formula is C24H23ClF3N3O2. The molecule has 2 aliphatic heterocycles. The van der Waals surface area contributed by atoms with Gasteiger partial charge < -0.3 is 14.5 Å². The average molecular weight is 478 g/mol. The van der Waals surface area contributed by atoms with Crippen molar-refractivity contribution in [3.05, 3.63) is 63.7 Å². The van der Waals surface area contributed by atoms with Gasteiger partial charge in [-0.05, 0) is 42.4 Å². The molecule has 2 aromatic carbocycles. The summed E-state index contributed by atoms with van der Waals surface area (Å²) in [6, 6.07) is 9.08. The van der Waals surface area contributed by atoms with Crippen LogP contribution >= 0.6 is 11.6 Å². The lowest BCUT2D eigenvalue weighted by molar-refractivity contribution is -0.274. The first kappa shape index (κ1) is 23.4. The van der Waals surface area contributed by atoms with E-state index in [1.165, 1.54) is 24.3 Å². The minimum absolute atomic E-state index is 0.206. The third-order valence-corrected chi connectivity index (χ3v) is 5.99. The standard InChI is InChI=1S/C24H23ClF3N3O2/c1-29-9-11-30(12-10-29)8-2-3-18-13-19-16-31(23(32)22(19)21(25)14-18)15-17-4-6-20(7-5-17)33-24(26,27)28/h4-7,13-14H,8-12,15-16H2,1H3. The highest BCUT2D eigenvalue weighted by Crippen LogP contribution is 2.32. The van der Waals surface area contributed by atoms with Gasteiger partial charge in [-0.2, -0.15) is 0 Å². The summed E-state index contributed by atoms with van der Waals surface area (Å²) >= 11 is 6.41. The monoisotopic (exact) mass is 477 g/mol. The van der Waals surface area contributed by atoms with E-state index >= 15 is 0 Å². The molecule has 1 amide bonds. The van der Waals surface area contributed by atoms with Crippen molar-refractivity contribution in [3.8, 4) is 17.6 Å². The lowest BCUT2D eigenvalue weighted by Gasteiger charge is -2.30. The summed E-state index contributed by atoms with van der Waals surface area (Å²) in [6.45, 7) is 5.33. The first-order valence-electron chi connectivity index (χ1n) is 10.5. The van der Waals surface area contributed by atoms with Gasteiger partial charge in [0.15, 0.2) is 0 Å². The van der Waals surface area contributed by atoms with Gasteiger partial charge in [-0.1, -0.05) is 35.6 Å². The number of benzene rings is 2. The maximum atomic E-state index is 12.9. The van der Waals surface area contributed by atoms with Gasteiger partial charge in [0.25, 0.3) is 5.91 Å². The molecule has 0 radical (unpaired) electrons. The van der Waals surface area contributed by atoms with Gasteiger partial charge in [0, 0.05) is 44.8 Å². The van der Waals surface area contributed by atoms with Crippen molar-refractivity contribution in [2.75, 3.05) is 39.8 Å². The topological polar surface area (TPSA) is 36.0 Å². The molecule has 0 bridgehead atoms. The van der Waals surface area contributed by atoms with Crippen molar-refractivity contribution in [1.29, 1.82) is 0 Å². The van der Waals surface area contributed by atoms with Crippen LogP contribution in [0.1, 0.15) is 27.0 Å². The Morgan fingerprint density at radius 3 is 2.45 bits per heavy atom. The predicted molar refractivity (Wildman–Crippen MR) is 119 cm³/mol. The number of fused-ring (bicyclic) bond motifs is 1. The van der Waals surface area contributed by atoms with Gasteiger partial charge in [0.2, 0.25) is 0 Å². The van der Waals surface area contributed by atoms with E-state index < -0.39 is 6.36 Å². The fraction of sp³-hybridized carbons (Fsp3) is 0.375. The zero-order valence-electron chi connectivity index (χ0n) is 18.1. The molecule has 2 aliphatic rings. The van der Waals surface area contributed by atoms with Crippen LogP contribution in [-0.2, 0) is 13.1 Å². The fourth-order valence-electron chi connectivity index (χ4n) is 3.94. The molecule has 0 aliphatic carbocycles. The summed E-state index contributed by atoms with van der Waals surface area (Å²) in [7, 11) is 2.11. The number of alkyl halides is 3. The summed E-state index contributed by atoms with van der Waals surface area (Å²) in [4.78, 5) is 19.1. The predicted octanol–water partition coefficient (Wildman–Crippen LogP) is 3.99. The molecule has 1 saturated heterocycles. The molecule has 0 atom stereocenters. The van der Waals surface area contributed by atoms with Gasteiger partial charge in [-0.3, -0.25) is 9.69 Å². The Labute approximate surface area is 195 Å². The van der Waals surface area contributed by atoms with Crippen molar-refractivity contribution in [2.24, 2.45) is 0 Å². The first-order valence-corrected chi connectivity index (χ1v) is 10.9. The van der Waals surface area contributed by atoms with Gasteiger partial charge in [-0.15, -0.1) is 13.2 Å². The molecule has 0 spiro atoms. The number of likely N-dealkylation sites (N-methyl/N-ethyl adjacent to an activating group) is 1. The minimum atomic E-state index is -4.74. The van der Waals surface area contributed by atoms with Crippen LogP contribution in [0.3, 0.4) is 0 Å². The summed E-state index contributed by atoms with van der Waals surface area (Å²) in [5, 5.41) is 0.359. The summed E-state index contributed by atoms with van der Waals surface area (Å²) < 4.78 is 40.9. The van der Waals surface area contributed by atoms with Crippen LogP contribution in [0.4, 0.5) is 13.2 Å². The highest BCUT2D eigenvalue weighted by atomic mass is 35.5. The van der Waals surface area contributed by atoms with Gasteiger partial charge in [0.1, 0.15) is 5.75 Å². The molecule has 174 valence electrons. The zero-order valence-corrected chi connectivity index (χ0v) is 18.8. The molecule has 0 unspecified atom stereocenters. The number of amides is 1. The van der Waals surface area contributed by atoms with Crippen molar-refractivity contribution < 1.29 is 22.7 Å². The van der Waals surface area contributed by atoms with Gasteiger partial charge in [0.05, 0.1) is 17.1 Å². The summed E-state index contributed by atoms with van der Waals surface area (Å²) in [5.74, 6) is 5.84. The Balaban J connectivity index is 1.41. The normalized spacial score (nSPS) is 17.0. The lowest BCUT2D eigenvalue weighted by Crippen LogP contribution is -2.44. The van der Waals surface area contributed by atoms with E-state index in [4.69, 9.17) is 11.6 Å². The Kier molecular flexibility index (Phi) is 6.84. The molecule has 0 N–H and O–H groups in total. The van der Waals surface area contributed by atoms with Crippen LogP contribution in [0.25, 0.3) is 0 Å². The van der Waals surface area contributed by atoms with Crippen LogP contribution in [-0.4, -0.2) is 66.7 Å². The molecule has 4 rings (SSSR count). The Morgan fingerprint density at radius 2 is 1.79 bits per heavy atom. The van der Waals surface area contributed by atoms with Crippen LogP contribution in [0.5, 0.6) is 5.75 Å². The molecule has 0 aromatic heterocycles. The first-order chi connectivity index (χ1) is 15.7. The van der Waals surface area contributed by atoms with E-state index in [1.807, 2.05) is 6.07 Å². The molecule has 5 nitrogen and oxygen atoms in total. The van der Waals surface area contributed by atoms with E-state index in [0.717, 1.165) is 37.3 Å². The summed E-state index contributed by atoms with van der Waals surface area (Å²) in [6.07, 6.45) is -4.74. The number of ether oxygens (including phenoxy) is 1. The Hall–Kier alpha value is -2.73. The maximum Gasteiger partial charge on any atom is 0.573 e.